The maximum atomic E-state index is 13.8. The van der Waals surface area contributed by atoms with Gasteiger partial charge in [-0.2, -0.15) is 13.2 Å². The molecule has 1 aliphatic rings. The maximum Gasteiger partial charge on any atom is 0.473 e. The average molecular weight is 673 g/mol. The van der Waals surface area contributed by atoms with E-state index in [0.717, 1.165) is 23.7 Å². The average Bonchev–Trinajstić information content (AvgIpc) is 3.44. The third-order valence-electron chi connectivity index (χ3n) is 7.51. The molecule has 0 bridgehead atoms. The Morgan fingerprint density at radius 1 is 1.04 bits per heavy atom. The van der Waals surface area contributed by atoms with Gasteiger partial charge < -0.3 is 14.8 Å². The van der Waals surface area contributed by atoms with Gasteiger partial charge in [-0.15, -0.1) is 0 Å². The van der Waals surface area contributed by atoms with E-state index < -0.39 is 47.4 Å². The molecule has 258 valence electrons. The van der Waals surface area contributed by atoms with Gasteiger partial charge in [0.05, 0.1) is 12.6 Å². The number of halogens is 3. The number of likely N-dealkylation sites (tertiary alicyclic amines) is 1. The molecule has 3 amide bonds. The Morgan fingerprint density at radius 3 is 2.33 bits per heavy atom. The Bertz CT molecular complexity index is 1670. The standard InChI is InChI=1S/C33H39F3N6O6/c1-7-20-16-17-37-24(19-20)38-28(43)22-14-12-21(13-15-22)25-26(29(44)47-8-2)42(40(6)30(45)33(34,35)36)27(39-25)23-11-9-10-18-41(23)31(46)48-32(3,4)5/h12-17,19,23H,7-11,18H2,1-6H3,(H,37,38,43). The van der Waals surface area contributed by atoms with Crippen LogP contribution >= 0.6 is 0 Å². The van der Waals surface area contributed by atoms with Gasteiger partial charge in [0.25, 0.3) is 5.91 Å². The summed E-state index contributed by atoms with van der Waals surface area (Å²) in [6, 6.07) is 8.48. The fraction of sp³-hybridized carbons (Fsp3) is 0.455. The molecule has 4 rings (SSSR count). The van der Waals surface area contributed by atoms with Crippen molar-refractivity contribution >= 4 is 29.7 Å². The van der Waals surface area contributed by atoms with Crippen LogP contribution in [0.4, 0.5) is 23.8 Å². The molecule has 0 radical (unpaired) electrons. The molecule has 15 heteroatoms. The summed E-state index contributed by atoms with van der Waals surface area (Å²) in [6.45, 7) is 8.61. The van der Waals surface area contributed by atoms with Gasteiger partial charge in [-0.05, 0) is 83.2 Å². The number of alkyl halides is 3. The van der Waals surface area contributed by atoms with Crippen LogP contribution in [0.15, 0.2) is 42.6 Å². The van der Waals surface area contributed by atoms with Gasteiger partial charge in [0.1, 0.15) is 17.1 Å². The monoisotopic (exact) mass is 672 g/mol. The van der Waals surface area contributed by atoms with Crippen LogP contribution in [0.25, 0.3) is 11.3 Å². The predicted molar refractivity (Wildman–Crippen MR) is 170 cm³/mol. The molecule has 1 N–H and O–H groups in total. The first-order valence-corrected chi connectivity index (χ1v) is 15.6. The van der Waals surface area contributed by atoms with Crippen molar-refractivity contribution in [2.24, 2.45) is 0 Å². The van der Waals surface area contributed by atoms with E-state index in [9.17, 15) is 32.3 Å². The van der Waals surface area contributed by atoms with E-state index in [1.807, 2.05) is 13.0 Å². The number of carbonyl (C=O) groups is 4. The van der Waals surface area contributed by atoms with Crippen LogP contribution < -0.4 is 10.3 Å². The Hall–Kier alpha value is -4.95. The summed E-state index contributed by atoms with van der Waals surface area (Å²) >= 11 is 0. The van der Waals surface area contributed by atoms with Crippen molar-refractivity contribution in [2.45, 2.75) is 78.1 Å². The lowest BCUT2D eigenvalue weighted by molar-refractivity contribution is -0.171. The molecule has 0 spiro atoms. The lowest BCUT2D eigenvalue weighted by Crippen LogP contribution is -2.49. The molecule has 2 aromatic heterocycles. The Kier molecular flexibility index (Phi) is 10.8. The van der Waals surface area contributed by atoms with E-state index in [2.05, 4.69) is 15.3 Å². The number of imidazole rings is 1. The molecule has 1 atom stereocenters. The van der Waals surface area contributed by atoms with Crippen molar-refractivity contribution < 1.29 is 41.8 Å². The number of aromatic nitrogens is 3. The number of benzene rings is 1. The zero-order chi connectivity index (χ0) is 35.4. The zero-order valence-corrected chi connectivity index (χ0v) is 27.7. The number of carbonyl (C=O) groups excluding carboxylic acids is 4. The molecular weight excluding hydrogens is 633 g/mol. The molecule has 1 aromatic carbocycles. The van der Waals surface area contributed by atoms with Crippen molar-refractivity contribution in [1.29, 1.82) is 0 Å². The van der Waals surface area contributed by atoms with E-state index >= 15 is 0 Å². The smallest absolute Gasteiger partial charge is 0.461 e. The highest BCUT2D eigenvalue weighted by Gasteiger charge is 2.45. The number of amides is 3. The van der Waals surface area contributed by atoms with Gasteiger partial charge in [-0.3, -0.25) is 14.5 Å². The topological polar surface area (TPSA) is 136 Å². The SMILES string of the molecule is CCOC(=O)c1c(-c2ccc(C(=O)Nc3cc(CC)ccn3)cc2)nc(C2CCCCN2C(=O)OC(C)(C)C)n1N(C)C(=O)C(F)(F)F. The highest BCUT2D eigenvalue weighted by Crippen LogP contribution is 2.36. The maximum absolute atomic E-state index is 13.8. The van der Waals surface area contributed by atoms with Gasteiger partial charge in [0.15, 0.2) is 11.5 Å². The Balaban J connectivity index is 1.85. The van der Waals surface area contributed by atoms with Crippen molar-refractivity contribution in [1.82, 2.24) is 19.5 Å². The van der Waals surface area contributed by atoms with Crippen LogP contribution in [0, 0.1) is 0 Å². The number of ether oxygens (including phenoxy) is 2. The quantitative estimate of drug-likeness (QED) is 0.286. The zero-order valence-electron chi connectivity index (χ0n) is 27.7. The third kappa shape index (κ3) is 8.12. The lowest BCUT2D eigenvalue weighted by Gasteiger charge is -2.37. The fourth-order valence-electron chi connectivity index (χ4n) is 5.28. The van der Waals surface area contributed by atoms with Crippen LogP contribution in [0.3, 0.4) is 0 Å². The number of nitrogens with zero attached hydrogens (tertiary/aromatic N) is 5. The molecule has 0 aliphatic carbocycles. The number of pyridine rings is 1. The first kappa shape index (κ1) is 35.9. The summed E-state index contributed by atoms with van der Waals surface area (Å²) < 4.78 is 53.0. The van der Waals surface area contributed by atoms with Crippen LogP contribution in [0.1, 0.15) is 92.2 Å². The number of aryl methyl sites for hydroxylation is 1. The summed E-state index contributed by atoms with van der Waals surface area (Å²) in [5.74, 6) is -3.59. The predicted octanol–water partition coefficient (Wildman–Crippen LogP) is 6.06. The van der Waals surface area contributed by atoms with E-state index in [0.29, 0.717) is 18.7 Å². The number of anilines is 1. The first-order chi connectivity index (χ1) is 22.6. The second-order valence-corrected chi connectivity index (χ2v) is 12.1. The summed E-state index contributed by atoms with van der Waals surface area (Å²) in [5, 5.41) is 2.97. The van der Waals surface area contributed by atoms with Crippen molar-refractivity contribution in [2.75, 3.05) is 30.5 Å². The van der Waals surface area contributed by atoms with Crippen LogP contribution in [-0.4, -0.2) is 75.4 Å². The minimum absolute atomic E-state index is 0.107. The molecule has 1 aliphatic heterocycles. The van der Waals surface area contributed by atoms with Crippen molar-refractivity contribution in [3.63, 3.8) is 0 Å². The molecule has 1 saturated heterocycles. The van der Waals surface area contributed by atoms with Gasteiger partial charge in [-0.25, -0.2) is 29.2 Å². The van der Waals surface area contributed by atoms with Crippen LogP contribution in [-0.2, 0) is 20.7 Å². The van der Waals surface area contributed by atoms with E-state index in [-0.39, 0.29) is 47.2 Å². The number of hydrogen-bond donors (Lipinski definition) is 1. The van der Waals surface area contributed by atoms with E-state index in [1.54, 1.807) is 33.0 Å². The van der Waals surface area contributed by atoms with E-state index in [4.69, 9.17) is 9.47 Å². The van der Waals surface area contributed by atoms with Gasteiger partial charge >= 0.3 is 24.1 Å². The minimum atomic E-state index is -5.31. The number of piperidine rings is 1. The molecule has 48 heavy (non-hydrogen) atoms. The molecule has 12 nitrogen and oxygen atoms in total. The Morgan fingerprint density at radius 2 is 1.73 bits per heavy atom. The van der Waals surface area contributed by atoms with E-state index in [1.165, 1.54) is 36.1 Å². The molecule has 3 aromatic rings. The minimum Gasteiger partial charge on any atom is -0.461 e. The summed E-state index contributed by atoms with van der Waals surface area (Å²) in [4.78, 5) is 62.6. The molecule has 1 unspecified atom stereocenters. The van der Waals surface area contributed by atoms with Crippen molar-refractivity contribution in [3.05, 3.63) is 65.2 Å². The largest absolute Gasteiger partial charge is 0.473 e. The van der Waals surface area contributed by atoms with Crippen LogP contribution in [0.2, 0.25) is 0 Å². The number of nitrogens with one attached hydrogen (secondary N) is 1. The third-order valence-corrected chi connectivity index (χ3v) is 7.51. The lowest BCUT2D eigenvalue weighted by atomic mass is 10.0. The number of hydrogen-bond acceptors (Lipinski definition) is 8. The summed E-state index contributed by atoms with van der Waals surface area (Å²) in [5.41, 5.74) is 0.0111. The van der Waals surface area contributed by atoms with Gasteiger partial charge in [-0.1, -0.05) is 19.1 Å². The molecular formula is C33H39F3N6O6. The molecule has 1 fully saturated rings. The highest BCUT2D eigenvalue weighted by molar-refractivity contribution is 6.04. The van der Waals surface area contributed by atoms with Gasteiger partial charge in [0.2, 0.25) is 0 Å². The fourth-order valence-corrected chi connectivity index (χ4v) is 5.28. The van der Waals surface area contributed by atoms with Crippen LogP contribution in [0.5, 0.6) is 0 Å². The first-order valence-electron chi connectivity index (χ1n) is 15.6. The second-order valence-electron chi connectivity index (χ2n) is 12.1. The normalized spacial score (nSPS) is 15.1. The summed E-state index contributed by atoms with van der Waals surface area (Å²) in [7, 11) is 0.864. The number of esters is 1. The second kappa shape index (κ2) is 14.4. The number of rotatable bonds is 8. The molecule has 0 saturated carbocycles. The summed E-state index contributed by atoms with van der Waals surface area (Å²) in [6.07, 6.45) is -2.26. The highest BCUT2D eigenvalue weighted by atomic mass is 19.4. The van der Waals surface area contributed by atoms with Gasteiger partial charge in [0, 0.05) is 30.9 Å². The Labute approximate surface area is 276 Å². The van der Waals surface area contributed by atoms with Crippen molar-refractivity contribution in [3.8, 4) is 11.3 Å². The molecule has 3 heterocycles.